The number of benzene rings is 1. The normalized spacial score (nSPS) is 11.3. The van der Waals surface area contributed by atoms with E-state index in [0.29, 0.717) is 0 Å². The molecule has 0 radical (unpaired) electrons. The molecule has 1 aliphatic rings. The van der Waals surface area contributed by atoms with Crippen molar-refractivity contribution in [3.63, 3.8) is 0 Å². The van der Waals surface area contributed by atoms with E-state index in [0.717, 1.165) is 17.1 Å². The lowest BCUT2D eigenvalue weighted by molar-refractivity contribution is 1.22. The van der Waals surface area contributed by atoms with Crippen molar-refractivity contribution >= 4 is 0 Å². The maximum Gasteiger partial charge on any atom is 0.160 e. The molecule has 2 nitrogen and oxygen atoms in total. The van der Waals surface area contributed by atoms with Crippen LogP contribution in [0.15, 0.2) is 36.5 Å². The van der Waals surface area contributed by atoms with Crippen LogP contribution < -0.4 is 0 Å². The number of hydrogen-bond acceptors (Lipinski definition) is 2. The van der Waals surface area contributed by atoms with Gasteiger partial charge in [-0.15, -0.1) is 0 Å². The molecule has 0 saturated heterocycles. The molecule has 0 atom stereocenters. The SMILES string of the molecule is c1ccc2c(c1)-c1ccnc-2n1. The van der Waals surface area contributed by atoms with Gasteiger partial charge < -0.3 is 0 Å². The predicted molar refractivity (Wildman–Crippen MR) is 46.5 cm³/mol. The summed E-state index contributed by atoms with van der Waals surface area (Å²) in [5.41, 5.74) is 3.39. The molecule has 1 aliphatic heterocycles. The van der Waals surface area contributed by atoms with Crippen molar-refractivity contribution in [2.75, 3.05) is 0 Å². The van der Waals surface area contributed by atoms with Gasteiger partial charge in [0, 0.05) is 17.3 Å². The first kappa shape index (κ1) is 5.89. The zero-order chi connectivity index (χ0) is 7.97. The highest BCUT2D eigenvalue weighted by Gasteiger charge is 2.16. The lowest BCUT2D eigenvalue weighted by atomic mass is 10.1. The summed E-state index contributed by atoms with van der Waals surface area (Å²) in [7, 11) is 0. The number of rotatable bonds is 0. The molecular weight excluding hydrogens is 148 g/mol. The fourth-order valence-corrected chi connectivity index (χ4v) is 1.54. The summed E-state index contributed by atoms with van der Waals surface area (Å²) in [4.78, 5) is 8.52. The van der Waals surface area contributed by atoms with Crippen molar-refractivity contribution in [2.24, 2.45) is 0 Å². The maximum atomic E-state index is 4.34. The van der Waals surface area contributed by atoms with Crippen LogP contribution in [0.3, 0.4) is 0 Å². The second-order valence-corrected chi connectivity index (χ2v) is 2.81. The molecule has 3 rings (SSSR count). The number of aromatic nitrogens is 2. The number of nitrogens with zero attached hydrogens (tertiary/aromatic N) is 2. The standard InChI is InChI=1S/C10H6N2/c1-2-4-8-7(3-1)9-5-6-11-10(8)12-9/h1-6H. The fourth-order valence-electron chi connectivity index (χ4n) is 1.54. The van der Waals surface area contributed by atoms with Crippen molar-refractivity contribution in [3.05, 3.63) is 36.5 Å². The van der Waals surface area contributed by atoms with Crippen molar-refractivity contribution in [1.29, 1.82) is 0 Å². The largest absolute Gasteiger partial charge is 0.237 e. The first-order valence-electron chi connectivity index (χ1n) is 3.88. The third-order valence-electron chi connectivity index (χ3n) is 2.10. The highest BCUT2D eigenvalue weighted by Crippen LogP contribution is 2.34. The van der Waals surface area contributed by atoms with Gasteiger partial charge in [-0.1, -0.05) is 24.3 Å². The van der Waals surface area contributed by atoms with Crippen LogP contribution in [0.4, 0.5) is 0 Å². The van der Waals surface area contributed by atoms with Crippen LogP contribution in [0.5, 0.6) is 0 Å². The Morgan fingerprint density at radius 3 is 2.67 bits per heavy atom. The van der Waals surface area contributed by atoms with Crippen molar-refractivity contribution in [3.8, 4) is 22.6 Å². The van der Waals surface area contributed by atoms with E-state index < -0.39 is 0 Å². The molecule has 1 aromatic heterocycles. The van der Waals surface area contributed by atoms with E-state index in [1.807, 2.05) is 18.2 Å². The molecule has 0 unspecified atom stereocenters. The Morgan fingerprint density at radius 2 is 1.75 bits per heavy atom. The van der Waals surface area contributed by atoms with Gasteiger partial charge in [-0.2, -0.15) is 0 Å². The Kier molecular flexibility index (Phi) is 0.939. The molecule has 56 valence electrons. The smallest absolute Gasteiger partial charge is 0.160 e. The first-order chi connectivity index (χ1) is 5.95. The minimum absolute atomic E-state index is 0.850. The Balaban J connectivity index is 2.47. The van der Waals surface area contributed by atoms with Gasteiger partial charge in [-0.3, -0.25) is 0 Å². The average Bonchev–Trinajstić information content (AvgIpc) is 2.41. The van der Waals surface area contributed by atoms with Gasteiger partial charge in [0.25, 0.3) is 0 Å². The summed E-state index contributed by atoms with van der Waals surface area (Å²) in [6, 6.07) is 10.1. The molecule has 1 aromatic carbocycles. The van der Waals surface area contributed by atoms with Crippen LogP contribution in [-0.2, 0) is 0 Å². The molecule has 2 heteroatoms. The van der Waals surface area contributed by atoms with Crippen LogP contribution in [0.2, 0.25) is 0 Å². The third-order valence-corrected chi connectivity index (χ3v) is 2.10. The topological polar surface area (TPSA) is 25.8 Å². The molecule has 0 spiro atoms. The molecule has 0 aliphatic carbocycles. The molecule has 2 heterocycles. The number of fused-ring (bicyclic) bond motifs is 5. The summed E-state index contributed by atoms with van der Waals surface area (Å²) in [6.07, 6.45) is 1.80. The van der Waals surface area contributed by atoms with Gasteiger partial charge in [-0.25, -0.2) is 9.97 Å². The minimum Gasteiger partial charge on any atom is -0.237 e. The van der Waals surface area contributed by atoms with Crippen LogP contribution in [0.1, 0.15) is 0 Å². The molecule has 0 saturated carbocycles. The minimum atomic E-state index is 0.850. The van der Waals surface area contributed by atoms with Crippen molar-refractivity contribution in [2.45, 2.75) is 0 Å². The van der Waals surface area contributed by atoms with Gasteiger partial charge in [-0.05, 0) is 6.07 Å². The Morgan fingerprint density at radius 1 is 0.917 bits per heavy atom. The fraction of sp³-hybridized carbons (Fsp3) is 0. The van der Waals surface area contributed by atoms with E-state index in [2.05, 4.69) is 22.1 Å². The lowest BCUT2D eigenvalue weighted by Crippen LogP contribution is -1.77. The molecule has 0 fully saturated rings. The van der Waals surface area contributed by atoms with Crippen molar-refractivity contribution < 1.29 is 0 Å². The van der Waals surface area contributed by atoms with Crippen LogP contribution >= 0.6 is 0 Å². The predicted octanol–water partition coefficient (Wildman–Crippen LogP) is 2.12. The van der Waals surface area contributed by atoms with E-state index in [9.17, 15) is 0 Å². The Bertz CT molecular complexity index is 411. The van der Waals surface area contributed by atoms with Gasteiger partial charge in [0.05, 0.1) is 5.69 Å². The third kappa shape index (κ3) is 0.593. The van der Waals surface area contributed by atoms with E-state index in [1.165, 1.54) is 5.56 Å². The molecule has 12 heavy (non-hydrogen) atoms. The van der Waals surface area contributed by atoms with E-state index in [4.69, 9.17) is 0 Å². The summed E-state index contributed by atoms with van der Waals surface area (Å²) in [6.45, 7) is 0. The van der Waals surface area contributed by atoms with Crippen LogP contribution in [-0.4, -0.2) is 9.97 Å². The molecule has 2 aromatic rings. The highest BCUT2D eigenvalue weighted by molar-refractivity contribution is 5.83. The maximum absolute atomic E-state index is 4.34. The Hall–Kier alpha value is -1.70. The number of hydrogen-bond donors (Lipinski definition) is 0. The monoisotopic (exact) mass is 154 g/mol. The van der Waals surface area contributed by atoms with Crippen LogP contribution in [0.25, 0.3) is 22.6 Å². The van der Waals surface area contributed by atoms with Crippen molar-refractivity contribution in [1.82, 2.24) is 9.97 Å². The van der Waals surface area contributed by atoms with E-state index in [1.54, 1.807) is 6.20 Å². The zero-order valence-electron chi connectivity index (χ0n) is 6.36. The summed E-state index contributed by atoms with van der Waals surface area (Å²) in [5.74, 6) is 0.850. The van der Waals surface area contributed by atoms with Gasteiger partial charge >= 0.3 is 0 Å². The first-order valence-corrected chi connectivity index (χ1v) is 3.88. The molecular formula is C10H6N2. The van der Waals surface area contributed by atoms with Gasteiger partial charge in [0.1, 0.15) is 0 Å². The second-order valence-electron chi connectivity index (χ2n) is 2.81. The highest BCUT2D eigenvalue weighted by atomic mass is 14.9. The summed E-state index contributed by atoms with van der Waals surface area (Å²) < 4.78 is 0. The van der Waals surface area contributed by atoms with E-state index >= 15 is 0 Å². The van der Waals surface area contributed by atoms with Gasteiger partial charge in [0.2, 0.25) is 0 Å². The summed E-state index contributed by atoms with van der Waals surface area (Å²) in [5, 5.41) is 0. The zero-order valence-corrected chi connectivity index (χ0v) is 6.36. The molecule has 0 amide bonds. The summed E-state index contributed by atoms with van der Waals surface area (Å²) >= 11 is 0. The van der Waals surface area contributed by atoms with Gasteiger partial charge in [0.15, 0.2) is 5.82 Å². The Labute approximate surface area is 69.9 Å². The quantitative estimate of drug-likeness (QED) is 0.495. The second kappa shape index (κ2) is 1.91. The average molecular weight is 154 g/mol. The molecule has 0 N–H and O–H groups in total. The molecule has 2 bridgehead atoms. The van der Waals surface area contributed by atoms with E-state index in [-0.39, 0.29) is 0 Å². The lowest BCUT2D eigenvalue weighted by Gasteiger charge is -1.93. The van der Waals surface area contributed by atoms with Crippen LogP contribution in [0, 0.1) is 0 Å².